The van der Waals surface area contributed by atoms with Gasteiger partial charge in [-0.05, 0) is 88.8 Å². The van der Waals surface area contributed by atoms with Gasteiger partial charge in [0.25, 0.3) is 0 Å². The van der Waals surface area contributed by atoms with Crippen molar-refractivity contribution >= 4 is 20.3 Å². The summed E-state index contributed by atoms with van der Waals surface area (Å²) in [6.45, 7) is 9.65. The summed E-state index contributed by atoms with van der Waals surface area (Å²) in [6, 6.07) is 28.0. The predicted molar refractivity (Wildman–Crippen MR) is 148 cm³/mol. The lowest BCUT2D eigenvalue weighted by atomic mass is 10.1. The minimum Gasteiger partial charge on any atom is -0.326 e. The van der Waals surface area contributed by atoms with Crippen LogP contribution in [0.5, 0.6) is 0 Å². The largest absolute Gasteiger partial charge is 0.326 e. The molecule has 1 saturated carbocycles. The standard InChI is InChI=1S/C30H37NO3S2/c1-23-15-17-29(18-16-23)36(32,33)31-21-25-19-24(25)20-26(31)22-34-35(30(2,3)4,27-11-7-5-8-12-27)28-13-9-6-10-14-28/h5-18,24-26H,19-22H2,1-4H3/t24-,25+,26?/m1/s1. The third-order valence-electron chi connectivity index (χ3n) is 7.54. The molecule has 1 unspecified atom stereocenters. The fourth-order valence-electron chi connectivity index (χ4n) is 5.52. The zero-order chi connectivity index (χ0) is 25.6. The fourth-order valence-corrected chi connectivity index (χ4v) is 11.0. The van der Waals surface area contributed by atoms with E-state index >= 15 is 0 Å². The predicted octanol–water partition coefficient (Wildman–Crippen LogP) is 7.05. The van der Waals surface area contributed by atoms with Crippen molar-refractivity contribution in [3.63, 3.8) is 0 Å². The van der Waals surface area contributed by atoms with Crippen LogP contribution in [0, 0.1) is 18.8 Å². The molecule has 3 aromatic carbocycles. The first kappa shape index (κ1) is 25.5. The Morgan fingerprint density at radius 1 is 0.778 bits per heavy atom. The van der Waals surface area contributed by atoms with E-state index in [9.17, 15) is 8.42 Å². The Bertz CT molecular complexity index is 1250. The average Bonchev–Trinajstić information content (AvgIpc) is 3.63. The number of nitrogens with zero attached hydrogens (tertiary/aromatic N) is 1. The molecule has 0 amide bonds. The lowest BCUT2D eigenvalue weighted by molar-refractivity contribution is 0.172. The molecule has 0 N–H and O–H groups in total. The van der Waals surface area contributed by atoms with Gasteiger partial charge in [0.05, 0.1) is 17.5 Å². The second kappa shape index (κ2) is 9.64. The number of hydrogen-bond donors (Lipinski definition) is 0. The number of aryl methyl sites for hydroxylation is 1. The van der Waals surface area contributed by atoms with Gasteiger partial charge in [-0.25, -0.2) is 8.42 Å². The molecule has 36 heavy (non-hydrogen) atoms. The summed E-state index contributed by atoms with van der Waals surface area (Å²) in [5.74, 6) is 1.08. The van der Waals surface area contributed by atoms with Gasteiger partial charge in [0.15, 0.2) is 0 Å². The zero-order valence-electron chi connectivity index (χ0n) is 21.6. The van der Waals surface area contributed by atoms with Gasteiger partial charge < -0.3 is 4.18 Å². The van der Waals surface area contributed by atoms with Gasteiger partial charge in [0, 0.05) is 21.1 Å². The Balaban J connectivity index is 1.52. The van der Waals surface area contributed by atoms with Gasteiger partial charge >= 0.3 is 0 Å². The topological polar surface area (TPSA) is 46.6 Å². The molecule has 4 nitrogen and oxygen atoms in total. The summed E-state index contributed by atoms with van der Waals surface area (Å²) in [5.41, 5.74) is 1.05. The van der Waals surface area contributed by atoms with Crippen molar-refractivity contribution in [1.82, 2.24) is 4.31 Å². The Morgan fingerprint density at radius 2 is 1.33 bits per heavy atom. The zero-order valence-corrected chi connectivity index (χ0v) is 23.3. The van der Waals surface area contributed by atoms with Crippen molar-refractivity contribution in [3.8, 4) is 0 Å². The molecule has 0 bridgehead atoms. The van der Waals surface area contributed by atoms with Gasteiger partial charge in [-0.2, -0.15) is 4.31 Å². The molecule has 2 aliphatic rings. The Hall–Kier alpha value is -2.12. The van der Waals surface area contributed by atoms with Crippen LogP contribution in [-0.2, 0) is 14.2 Å². The van der Waals surface area contributed by atoms with Crippen LogP contribution in [0.15, 0.2) is 99.6 Å². The van der Waals surface area contributed by atoms with E-state index < -0.39 is 20.3 Å². The number of piperidine rings is 1. The van der Waals surface area contributed by atoms with Crippen molar-refractivity contribution in [1.29, 1.82) is 0 Å². The number of benzene rings is 3. The van der Waals surface area contributed by atoms with Crippen LogP contribution in [0.25, 0.3) is 0 Å². The summed E-state index contributed by atoms with van der Waals surface area (Å²) >= 11 is 0. The van der Waals surface area contributed by atoms with E-state index in [-0.39, 0.29) is 10.8 Å². The average molecular weight is 524 g/mol. The summed E-state index contributed by atoms with van der Waals surface area (Å²) in [5, 5.41) is 0. The molecule has 1 heterocycles. The van der Waals surface area contributed by atoms with Crippen molar-refractivity contribution in [3.05, 3.63) is 90.5 Å². The maximum Gasteiger partial charge on any atom is 0.243 e. The molecule has 0 radical (unpaired) electrons. The summed E-state index contributed by atoms with van der Waals surface area (Å²) in [6.07, 6.45) is 1.98. The highest BCUT2D eigenvalue weighted by molar-refractivity contribution is 8.31. The lowest BCUT2D eigenvalue weighted by Gasteiger charge is -2.51. The SMILES string of the molecule is Cc1ccc(S(=O)(=O)N2C[C@@H]3C[C@@H]3CC2COS(c2ccccc2)(c2ccccc2)C(C)(C)C)cc1. The molecule has 3 aromatic rings. The highest BCUT2D eigenvalue weighted by Gasteiger charge is 2.50. The third-order valence-corrected chi connectivity index (χ3v) is 13.6. The van der Waals surface area contributed by atoms with Crippen molar-refractivity contribution in [2.75, 3.05) is 13.2 Å². The molecule has 5 rings (SSSR count). The van der Waals surface area contributed by atoms with Gasteiger partial charge in [-0.3, -0.25) is 0 Å². The Labute approximate surface area is 218 Å². The second-order valence-corrected chi connectivity index (χ2v) is 16.5. The molecule has 3 atom stereocenters. The summed E-state index contributed by atoms with van der Waals surface area (Å²) in [4.78, 5) is 2.70. The summed E-state index contributed by atoms with van der Waals surface area (Å²) in [7, 11) is -5.54. The first-order chi connectivity index (χ1) is 17.1. The summed E-state index contributed by atoms with van der Waals surface area (Å²) < 4.78 is 36.3. The van der Waals surface area contributed by atoms with Crippen LogP contribution in [0.3, 0.4) is 0 Å². The molecule has 0 aromatic heterocycles. The third kappa shape index (κ3) is 4.65. The van der Waals surface area contributed by atoms with Crippen molar-refractivity contribution in [2.24, 2.45) is 11.8 Å². The molecule has 192 valence electrons. The van der Waals surface area contributed by atoms with E-state index in [4.69, 9.17) is 4.18 Å². The van der Waals surface area contributed by atoms with Gasteiger partial charge in [0.2, 0.25) is 10.0 Å². The van der Waals surface area contributed by atoms with E-state index in [1.165, 1.54) is 0 Å². The molecule has 1 aliphatic carbocycles. The van der Waals surface area contributed by atoms with Crippen LogP contribution >= 0.6 is 10.3 Å². The smallest absolute Gasteiger partial charge is 0.243 e. The van der Waals surface area contributed by atoms with E-state index in [1.807, 2.05) is 31.2 Å². The number of sulfonamides is 1. The first-order valence-electron chi connectivity index (χ1n) is 12.8. The monoisotopic (exact) mass is 523 g/mol. The lowest BCUT2D eigenvalue weighted by Crippen LogP contribution is -2.47. The molecular weight excluding hydrogens is 486 g/mol. The van der Waals surface area contributed by atoms with Crippen molar-refractivity contribution < 1.29 is 12.6 Å². The van der Waals surface area contributed by atoms with Gasteiger partial charge in [0.1, 0.15) is 0 Å². The number of hydrogen-bond acceptors (Lipinski definition) is 3. The van der Waals surface area contributed by atoms with E-state index in [1.54, 1.807) is 16.4 Å². The Kier molecular flexibility index (Phi) is 6.83. The molecule has 6 heteroatoms. The van der Waals surface area contributed by atoms with Crippen LogP contribution in [-0.4, -0.2) is 36.7 Å². The minimum absolute atomic E-state index is 0.179. The second-order valence-electron chi connectivity index (χ2n) is 11.1. The fraction of sp³-hybridized carbons (Fsp3) is 0.400. The first-order valence-corrected chi connectivity index (χ1v) is 15.8. The number of fused-ring (bicyclic) bond motifs is 1. The van der Waals surface area contributed by atoms with Crippen LogP contribution in [0.4, 0.5) is 0 Å². The van der Waals surface area contributed by atoms with Crippen LogP contribution < -0.4 is 0 Å². The maximum atomic E-state index is 13.8. The van der Waals surface area contributed by atoms with E-state index in [0.29, 0.717) is 29.9 Å². The number of rotatable bonds is 7. The van der Waals surface area contributed by atoms with E-state index in [2.05, 4.69) is 69.3 Å². The molecule has 1 aliphatic heterocycles. The molecule has 1 saturated heterocycles. The molecular formula is C30H37NO3S2. The minimum atomic E-state index is -3.60. The maximum absolute atomic E-state index is 13.8. The van der Waals surface area contributed by atoms with E-state index in [0.717, 1.165) is 28.2 Å². The normalized spacial score (nSPS) is 23.2. The highest BCUT2D eigenvalue weighted by atomic mass is 32.3. The van der Waals surface area contributed by atoms with Gasteiger partial charge in [-0.15, -0.1) is 0 Å². The highest BCUT2D eigenvalue weighted by Crippen LogP contribution is 2.71. The van der Waals surface area contributed by atoms with Crippen LogP contribution in [0.1, 0.15) is 39.2 Å². The molecule has 2 fully saturated rings. The van der Waals surface area contributed by atoms with Crippen molar-refractivity contribution in [2.45, 2.75) is 66.0 Å². The quantitative estimate of drug-likeness (QED) is 0.333. The molecule has 0 spiro atoms. The van der Waals surface area contributed by atoms with Gasteiger partial charge in [-0.1, -0.05) is 64.4 Å². The Morgan fingerprint density at radius 3 is 1.86 bits per heavy atom. The van der Waals surface area contributed by atoms with Crippen LogP contribution in [0.2, 0.25) is 0 Å².